The van der Waals surface area contributed by atoms with Gasteiger partial charge in [-0.15, -0.1) is 0 Å². The summed E-state index contributed by atoms with van der Waals surface area (Å²) in [5, 5.41) is 13.9. The summed E-state index contributed by atoms with van der Waals surface area (Å²) < 4.78 is 13.9. The number of hydrogen-bond acceptors (Lipinski definition) is 5. The van der Waals surface area contributed by atoms with Crippen LogP contribution in [0.3, 0.4) is 0 Å². The predicted molar refractivity (Wildman–Crippen MR) is 115 cm³/mol. The molecule has 0 unspecified atom stereocenters. The highest BCUT2D eigenvalue weighted by molar-refractivity contribution is 6.31. The molecule has 1 heterocycles. The Bertz CT molecular complexity index is 1010. The average Bonchev–Trinajstić information content (AvgIpc) is 2.75. The highest BCUT2D eigenvalue weighted by Gasteiger charge is 2.24. The van der Waals surface area contributed by atoms with Gasteiger partial charge in [0, 0.05) is 56.3 Å². The molecule has 0 aromatic heterocycles. The van der Waals surface area contributed by atoms with E-state index in [1.54, 1.807) is 17.9 Å². The molecule has 1 aliphatic heterocycles. The zero-order valence-electron chi connectivity index (χ0n) is 16.9. The topological polar surface area (TPSA) is 95.8 Å². The number of carbonyl (C=O) groups excluding carboxylic acids is 2. The molecule has 0 radical (unpaired) electrons. The maximum Gasteiger partial charge on any atom is 0.271 e. The van der Waals surface area contributed by atoms with Crippen molar-refractivity contribution in [1.82, 2.24) is 9.80 Å². The number of non-ortho nitro benzene ring substituents is 1. The Hall–Kier alpha value is -3.04. The van der Waals surface area contributed by atoms with Gasteiger partial charge >= 0.3 is 0 Å². The molecule has 0 aliphatic carbocycles. The van der Waals surface area contributed by atoms with Crippen molar-refractivity contribution in [2.75, 3.05) is 38.0 Å². The number of rotatable bonds is 6. The third kappa shape index (κ3) is 5.77. The molecule has 1 fully saturated rings. The number of hydrogen-bond donors (Lipinski definition) is 1. The van der Waals surface area contributed by atoms with Crippen LogP contribution in [0.15, 0.2) is 36.4 Å². The minimum atomic E-state index is -0.607. The van der Waals surface area contributed by atoms with Crippen molar-refractivity contribution in [2.45, 2.75) is 13.3 Å². The molecule has 31 heavy (non-hydrogen) atoms. The van der Waals surface area contributed by atoms with Crippen LogP contribution in [-0.2, 0) is 4.79 Å². The lowest BCUT2D eigenvalue weighted by molar-refractivity contribution is -0.384. The van der Waals surface area contributed by atoms with Gasteiger partial charge < -0.3 is 10.2 Å². The molecule has 3 rings (SSSR count). The second kappa shape index (κ2) is 9.84. The van der Waals surface area contributed by atoms with E-state index in [4.69, 9.17) is 11.6 Å². The molecule has 1 N–H and O–H groups in total. The van der Waals surface area contributed by atoms with Crippen LogP contribution in [0.2, 0.25) is 5.02 Å². The maximum absolute atomic E-state index is 13.9. The van der Waals surface area contributed by atoms with Gasteiger partial charge in [0.15, 0.2) is 0 Å². The van der Waals surface area contributed by atoms with Gasteiger partial charge in [0.05, 0.1) is 16.2 Å². The van der Waals surface area contributed by atoms with Crippen molar-refractivity contribution in [2.24, 2.45) is 0 Å². The fourth-order valence-electron chi connectivity index (χ4n) is 3.34. The molecule has 1 saturated heterocycles. The van der Waals surface area contributed by atoms with Crippen molar-refractivity contribution in [3.63, 3.8) is 0 Å². The van der Waals surface area contributed by atoms with Crippen molar-refractivity contribution < 1.29 is 18.9 Å². The number of nitrogens with one attached hydrogen (secondary N) is 1. The van der Waals surface area contributed by atoms with Gasteiger partial charge in [0.2, 0.25) is 5.91 Å². The Labute approximate surface area is 183 Å². The summed E-state index contributed by atoms with van der Waals surface area (Å²) in [4.78, 5) is 38.9. The number of carbonyl (C=O) groups is 2. The van der Waals surface area contributed by atoms with E-state index in [2.05, 4.69) is 5.32 Å². The monoisotopic (exact) mass is 448 g/mol. The van der Waals surface area contributed by atoms with Crippen LogP contribution >= 0.6 is 11.6 Å². The lowest BCUT2D eigenvalue weighted by Crippen LogP contribution is -2.49. The van der Waals surface area contributed by atoms with E-state index < -0.39 is 16.6 Å². The van der Waals surface area contributed by atoms with E-state index in [1.807, 2.05) is 4.90 Å². The molecule has 0 saturated carbocycles. The Kier molecular flexibility index (Phi) is 7.19. The van der Waals surface area contributed by atoms with Crippen LogP contribution in [0.1, 0.15) is 22.3 Å². The number of piperazine rings is 1. The van der Waals surface area contributed by atoms with E-state index in [-0.39, 0.29) is 23.6 Å². The maximum atomic E-state index is 13.9. The number of anilines is 1. The molecule has 0 spiro atoms. The molecule has 2 amide bonds. The van der Waals surface area contributed by atoms with Crippen LogP contribution in [0.5, 0.6) is 0 Å². The Morgan fingerprint density at radius 1 is 1.16 bits per heavy atom. The first kappa shape index (κ1) is 22.6. The molecule has 10 heteroatoms. The van der Waals surface area contributed by atoms with Gasteiger partial charge in [0.25, 0.3) is 11.6 Å². The van der Waals surface area contributed by atoms with E-state index in [1.165, 1.54) is 30.3 Å². The lowest BCUT2D eigenvalue weighted by atomic mass is 10.1. The van der Waals surface area contributed by atoms with Gasteiger partial charge in [-0.3, -0.25) is 24.6 Å². The summed E-state index contributed by atoms with van der Waals surface area (Å²) in [6.07, 6.45) is 0.207. The Morgan fingerprint density at radius 2 is 1.87 bits per heavy atom. The second-order valence-corrected chi connectivity index (χ2v) is 7.75. The summed E-state index contributed by atoms with van der Waals surface area (Å²) in [7, 11) is 0. The number of aryl methyl sites for hydroxylation is 1. The van der Waals surface area contributed by atoms with Crippen molar-refractivity contribution >= 4 is 34.8 Å². The third-order valence-electron chi connectivity index (χ3n) is 5.18. The number of halogens is 2. The standard InChI is InChI=1S/C21H22ClFN4O4/c1-14-2-4-16(27(30)31)13-19(14)24-20(28)6-7-25-8-10-26(11-9-25)21(29)17-12-15(22)3-5-18(17)23/h2-5,12-13H,6-11H2,1H3,(H,24,28). The zero-order chi connectivity index (χ0) is 22.5. The molecule has 0 bridgehead atoms. The number of benzene rings is 2. The summed E-state index contributed by atoms with van der Waals surface area (Å²) >= 11 is 5.87. The SMILES string of the molecule is Cc1ccc([N+](=O)[O-])cc1NC(=O)CCN1CCN(C(=O)c2cc(Cl)ccc2F)CC1. The summed E-state index contributed by atoms with van der Waals surface area (Å²) in [6.45, 7) is 4.17. The number of nitro groups is 1. The minimum Gasteiger partial charge on any atom is -0.336 e. The average molecular weight is 449 g/mol. The fraction of sp³-hybridized carbons (Fsp3) is 0.333. The van der Waals surface area contributed by atoms with E-state index in [0.29, 0.717) is 43.4 Å². The van der Waals surface area contributed by atoms with E-state index in [0.717, 1.165) is 5.56 Å². The van der Waals surface area contributed by atoms with Crippen molar-refractivity contribution in [3.8, 4) is 0 Å². The Balaban J connectivity index is 1.49. The highest BCUT2D eigenvalue weighted by atomic mass is 35.5. The molecule has 0 atom stereocenters. The molecule has 8 nitrogen and oxygen atoms in total. The zero-order valence-corrected chi connectivity index (χ0v) is 17.7. The van der Waals surface area contributed by atoms with Crippen molar-refractivity contribution in [1.29, 1.82) is 0 Å². The summed E-state index contributed by atoms with van der Waals surface area (Å²) in [6, 6.07) is 8.21. The van der Waals surface area contributed by atoms with Crippen LogP contribution in [0.25, 0.3) is 0 Å². The van der Waals surface area contributed by atoms with Gasteiger partial charge in [-0.2, -0.15) is 0 Å². The summed E-state index contributed by atoms with van der Waals surface area (Å²) in [5.41, 5.74) is 1.02. The number of nitro benzene ring substituents is 1. The van der Waals surface area contributed by atoms with Gasteiger partial charge in [-0.25, -0.2) is 4.39 Å². The van der Waals surface area contributed by atoms with Crippen LogP contribution in [-0.4, -0.2) is 59.3 Å². The first-order chi connectivity index (χ1) is 14.7. The third-order valence-corrected chi connectivity index (χ3v) is 5.41. The largest absolute Gasteiger partial charge is 0.336 e. The first-order valence-electron chi connectivity index (χ1n) is 9.76. The first-order valence-corrected chi connectivity index (χ1v) is 10.1. The lowest BCUT2D eigenvalue weighted by Gasteiger charge is -2.34. The predicted octanol–water partition coefficient (Wildman–Crippen LogP) is 3.48. The quantitative estimate of drug-likeness (QED) is 0.539. The van der Waals surface area contributed by atoms with Gasteiger partial charge in [0.1, 0.15) is 5.82 Å². The highest BCUT2D eigenvalue weighted by Crippen LogP contribution is 2.22. The van der Waals surface area contributed by atoms with E-state index >= 15 is 0 Å². The van der Waals surface area contributed by atoms with Crippen LogP contribution in [0.4, 0.5) is 15.8 Å². The molecule has 2 aromatic rings. The second-order valence-electron chi connectivity index (χ2n) is 7.31. The Morgan fingerprint density at radius 3 is 2.55 bits per heavy atom. The van der Waals surface area contributed by atoms with Crippen LogP contribution < -0.4 is 5.32 Å². The smallest absolute Gasteiger partial charge is 0.271 e. The van der Waals surface area contributed by atoms with Crippen LogP contribution in [0, 0.1) is 22.9 Å². The molecule has 2 aromatic carbocycles. The number of nitrogens with zero attached hydrogens (tertiary/aromatic N) is 3. The minimum absolute atomic E-state index is 0.0485. The molecule has 164 valence electrons. The normalized spacial score (nSPS) is 14.4. The van der Waals surface area contributed by atoms with Crippen molar-refractivity contribution in [3.05, 3.63) is 68.5 Å². The van der Waals surface area contributed by atoms with Gasteiger partial charge in [-0.1, -0.05) is 17.7 Å². The molecule has 1 aliphatic rings. The molecular weight excluding hydrogens is 427 g/mol. The summed E-state index contributed by atoms with van der Waals surface area (Å²) in [5.74, 6) is -1.26. The fourth-order valence-corrected chi connectivity index (χ4v) is 3.51. The number of amides is 2. The van der Waals surface area contributed by atoms with Gasteiger partial charge in [-0.05, 0) is 30.7 Å². The molecular formula is C21H22ClFN4O4. The van der Waals surface area contributed by atoms with E-state index in [9.17, 15) is 24.1 Å².